The smallest absolute Gasteiger partial charge is 0.309 e. The van der Waals surface area contributed by atoms with Crippen molar-refractivity contribution in [2.75, 3.05) is 14.1 Å². The summed E-state index contributed by atoms with van der Waals surface area (Å²) in [5.41, 5.74) is -0.143. The van der Waals surface area contributed by atoms with Gasteiger partial charge in [-0.05, 0) is 12.1 Å². The number of hydrogen-bond donors (Lipinski definition) is 1. The molecule has 0 aliphatic heterocycles. The number of alkyl halides is 2. The van der Waals surface area contributed by atoms with Crippen molar-refractivity contribution in [1.29, 1.82) is 0 Å². The molecule has 1 amide bonds. The zero-order valence-electron chi connectivity index (χ0n) is 9.98. The second-order valence-electron chi connectivity index (χ2n) is 4.05. The molecule has 18 heavy (non-hydrogen) atoms. The molecule has 1 rings (SSSR count). The number of nitrogens with zero attached hydrogens (tertiary/aromatic N) is 1. The van der Waals surface area contributed by atoms with E-state index in [0.717, 1.165) is 12.1 Å². The summed E-state index contributed by atoms with van der Waals surface area (Å²) in [7, 11) is 3.10. The van der Waals surface area contributed by atoms with Gasteiger partial charge >= 0.3 is 5.97 Å². The van der Waals surface area contributed by atoms with Crippen LogP contribution < -0.4 is 0 Å². The van der Waals surface area contributed by atoms with Crippen LogP contribution in [0.4, 0.5) is 8.78 Å². The third-order valence-electron chi connectivity index (χ3n) is 2.33. The number of halogens is 2. The molecule has 0 spiro atoms. The summed E-state index contributed by atoms with van der Waals surface area (Å²) in [5.74, 6) is -5.32. The number of carboxylic acid groups (broad SMARTS) is 1. The Morgan fingerprint density at radius 3 is 2.11 bits per heavy atom. The van der Waals surface area contributed by atoms with Crippen molar-refractivity contribution < 1.29 is 23.5 Å². The van der Waals surface area contributed by atoms with Gasteiger partial charge in [-0.3, -0.25) is 9.59 Å². The summed E-state index contributed by atoms with van der Waals surface area (Å²) in [6, 6.07) is 4.65. The van der Waals surface area contributed by atoms with Crippen LogP contribution in [0, 0.1) is 0 Å². The summed E-state index contributed by atoms with van der Waals surface area (Å²) in [6.07, 6.45) is -1.27. The van der Waals surface area contributed by atoms with Gasteiger partial charge in [-0.15, -0.1) is 0 Å². The molecule has 0 bridgehead atoms. The lowest BCUT2D eigenvalue weighted by Crippen LogP contribution is -2.22. The molecule has 0 radical (unpaired) electrons. The molecule has 4 nitrogen and oxygen atoms in total. The standard InChI is InChI=1S/C12H13F2NO3/c1-15(2)11(18)8-3-5-9(6-4-8)12(13,14)7-10(16)17/h3-6H,7H2,1-2H3,(H,16,17). The van der Waals surface area contributed by atoms with Gasteiger partial charge in [0, 0.05) is 25.2 Å². The molecule has 98 valence electrons. The van der Waals surface area contributed by atoms with Crippen molar-refractivity contribution in [3.05, 3.63) is 35.4 Å². The normalized spacial score (nSPS) is 11.1. The fourth-order valence-electron chi connectivity index (χ4n) is 1.41. The molecule has 1 aromatic carbocycles. The van der Waals surface area contributed by atoms with Gasteiger partial charge in [-0.2, -0.15) is 0 Å². The van der Waals surface area contributed by atoms with Gasteiger partial charge in [0.1, 0.15) is 6.42 Å². The number of carbonyl (C=O) groups excluding carboxylic acids is 1. The van der Waals surface area contributed by atoms with Crippen LogP contribution in [0.25, 0.3) is 0 Å². The third kappa shape index (κ3) is 3.26. The Morgan fingerprint density at radius 1 is 1.22 bits per heavy atom. The molecule has 0 saturated carbocycles. The van der Waals surface area contributed by atoms with Crippen molar-refractivity contribution in [3.8, 4) is 0 Å². The Kier molecular flexibility index (Phi) is 4.00. The first kappa shape index (κ1) is 14.1. The average Bonchev–Trinajstić information content (AvgIpc) is 2.26. The van der Waals surface area contributed by atoms with Gasteiger partial charge in [-0.1, -0.05) is 12.1 Å². The molecule has 0 heterocycles. The summed E-state index contributed by atoms with van der Waals surface area (Å²) < 4.78 is 26.8. The van der Waals surface area contributed by atoms with Crippen LogP contribution in [0.2, 0.25) is 0 Å². The highest BCUT2D eigenvalue weighted by molar-refractivity contribution is 5.93. The summed E-state index contributed by atoms with van der Waals surface area (Å²) >= 11 is 0. The molecular formula is C12H13F2NO3. The summed E-state index contributed by atoms with van der Waals surface area (Å²) in [4.78, 5) is 23.2. The molecule has 0 atom stereocenters. The zero-order valence-corrected chi connectivity index (χ0v) is 9.98. The Bertz CT molecular complexity index is 455. The second kappa shape index (κ2) is 5.12. The fourth-order valence-corrected chi connectivity index (χ4v) is 1.41. The van der Waals surface area contributed by atoms with E-state index in [1.54, 1.807) is 14.1 Å². The van der Waals surface area contributed by atoms with E-state index in [1.807, 2.05) is 0 Å². The number of hydrogen-bond acceptors (Lipinski definition) is 2. The predicted molar refractivity (Wildman–Crippen MR) is 60.6 cm³/mol. The van der Waals surface area contributed by atoms with Crippen molar-refractivity contribution in [2.24, 2.45) is 0 Å². The lowest BCUT2D eigenvalue weighted by atomic mass is 10.0. The first-order chi connectivity index (χ1) is 8.24. The molecule has 0 aliphatic rings. The van der Waals surface area contributed by atoms with Crippen LogP contribution in [0.5, 0.6) is 0 Å². The number of rotatable bonds is 4. The topological polar surface area (TPSA) is 57.6 Å². The first-order valence-corrected chi connectivity index (χ1v) is 5.16. The number of carboxylic acids is 1. The molecule has 1 aromatic rings. The van der Waals surface area contributed by atoms with Crippen LogP contribution in [0.15, 0.2) is 24.3 Å². The largest absolute Gasteiger partial charge is 0.481 e. The number of carbonyl (C=O) groups is 2. The van der Waals surface area contributed by atoms with Crippen LogP contribution in [0.3, 0.4) is 0 Å². The Hall–Kier alpha value is -1.98. The van der Waals surface area contributed by atoms with Crippen molar-refractivity contribution in [3.63, 3.8) is 0 Å². The minimum absolute atomic E-state index is 0.273. The SMILES string of the molecule is CN(C)C(=O)c1ccc(C(F)(F)CC(=O)O)cc1. The average molecular weight is 257 g/mol. The van der Waals surface area contributed by atoms with Crippen molar-refractivity contribution in [1.82, 2.24) is 4.90 Å². The van der Waals surface area contributed by atoms with E-state index in [0.29, 0.717) is 0 Å². The highest BCUT2D eigenvalue weighted by Crippen LogP contribution is 2.31. The fraction of sp³-hybridized carbons (Fsp3) is 0.333. The molecule has 0 aliphatic carbocycles. The molecule has 6 heteroatoms. The van der Waals surface area contributed by atoms with Crippen molar-refractivity contribution >= 4 is 11.9 Å². The molecule has 0 aromatic heterocycles. The maximum Gasteiger partial charge on any atom is 0.309 e. The highest BCUT2D eigenvalue weighted by Gasteiger charge is 2.34. The van der Waals surface area contributed by atoms with Crippen LogP contribution >= 0.6 is 0 Å². The Morgan fingerprint density at radius 2 is 1.72 bits per heavy atom. The van der Waals surface area contributed by atoms with Gasteiger partial charge in [0.15, 0.2) is 0 Å². The molecule has 1 N–H and O–H groups in total. The summed E-state index contributed by atoms with van der Waals surface area (Å²) in [5, 5.41) is 8.39. The van der Waals surface area contributed by atoms with Gasteiger partial charge in [0.05, 0.1) is 0 Å². The van der Waals surface area contributed by atoms with E-state index in [2.05, 4.69) is 0 Å². The first-order valence-electron chi connectivity index (χ1n) is 5.16. The van der Waals surface area contributed by atoms with Crippen LogP contribution in [-0.4, -0.2) is 36.0 Å². The highest BCUT2D eigenvalue weighted by atomic mass is 19.3. The summed E-state index contributed by atoms with van der Waals surface area (Å²) in [6.45, 7) is 0. The van der Waals surface area contributed by atoms with Gasteiger partial charge in [0.25, 0.3) is 11.8 Å². The predicted octanol–water partition coefficient (Wildman–Crippen LogP) is 1.95. The second-order valence-corrected chi connectivity index (χ2v) is 4.05. The molecule has 0 fully saturated rings. The Balaban J connectivity index is 2.95. The number of benzene rings is 1. The molecule has 0 saturated heterocycles. The maximum atomic E-state index is 13.4. The van der Waals surface area contributed by atoms with E-state index in [9.17, 15) is 18.4 Å². The lowest BCUT2D eigenvalue weighted by molar-refractivity contribution is -0.145. The van der Waals surface area contributed by atoms with Gasteiger partial charge in [0.2, 0.25) is 0 Å². The van der Waals surface area contributed by atoms with Gasteiger partial charge in [-0.25, -0.2) is 8.78 Å². The number of amides is 1. The zero-order chi connectivity index (χ0) is 13.9. The van der Waals surface area contributed by atoms with Gasteiger partial charge < -0.3 is 10.0 Å². The monoisotopic (exact) mass is 257 g/mol. The van der Waals surface area contributed by atoms with E-state index in [-0.39, 0.29) is 11.5 Å². The molecule has 0 unspecified atom stereocenters. The van der Waals surface area contributed by atoms with E-state index >= 15 is 0 Å². The lowest BCUT2D eigenvalue weighted by Gasteiger charge is -2.15. The van der Waals surface area contributed by atoms with Crippen LogP contribution in [0.1, 0.15) is 22.3 Å². The van der Waals surface area contributed by atoms with E-state index in [1.165, 1.54) is 17.0 Å². The minimum atomic E-state index is -3.44. The number of aliphatic carboxylic acids is 1. The maximum absolute atomic E-state index is 13.4. The minimum Gasteiger partial charge on any atom is -0.481 e. The van der Waals surface area contributed by atoms with Crippen molar-refractivity contribution in [2.45, 2.75) is 12.3 Å². The quantitative estimate of drug-likeness (QED) is 0.897. The Labute approximate surface area is 103 Å². The van der Waals surface area contributed by atoms with E-state index in [4.69, 9.17) is 5.11 Å². The molecular weight excluding hydrogens is 244 g/mol. The van der Waals surface area contributed by atoms with Crippen LogP contribution in [-0.2, 0) is 10.7 Å². The van der Waals surface area contributed by atoms with E-state index < -0.39 is 23.9 Å². The third-order valence-corrected chi connectivity index (χ3v) is 2.33.